The van der Waals surface area contributed by atoms with Gasteiger partial charge >= 0.3 is 12.1 Å². The molecule has 1 aromatic carbocycles. The van der Waals surface area contributed by atoms with Gasteiger partial charge in [-0.05, 0) is 37.3 Å². The lowest BCUT2D eigenvalue weighted by atomic mass is 10.1. The van der Waals surface area contributed by atoms with Gasteiger partial charge in [0.2, 0.25) is 0 Å². The monoisotopic (exact) mass is 296 g/mol. The average Bonchev–Trinajstić information content (AvgIpc) is 2.40. The topological polar surface area (TPSA) is 62.2 Å². The number of carboxylic acid groups (broad SMARTS) is 1. The second-order valence-corrected chi connectivity index (χ2v) is 4.32. The van der Waals surface area contributed by atoms with Gasteiger partial charge in [-0.15, -0.1) is 0 Å². The Bertz CT molecular complexity index is 684. The number of pyridine rings is 1. The maximum absolute atomic E-state index is 12.6. The standard InChI is InChI=1S/C14H11F3N2O2/c1-8-11(3-2-6-18-8)19-12-5-4-9(14(15,16)17)7-10(12)13(20)21/h2-7,19H,1H3,(H,20,21). The molecule has 0 saturated heterocycles. The molecule has 1 aromatic heterocycles. The zero-order valence-corrected chi connectivity index (χ0v) is 10.9. The highest BCUT2D eigenvalue weighted by molar-refractivity contribution is 5.95. The van der Waals surface area contributed by atoms with Gasteiger partial charge in [0.15, 0.2) is 0 Å². The summed E-state index contributed by atoms with van der Waals surface area (Å²) in [5.41, 5.74) is -0.249. The van der Waals surface area contributed by atoms with Crippen molar-refractivity contribution >= 4 is 17.3 Å². The van der Waals surface area contributed by atoms with Crippen molar-refractivity contribution in [3.63, 3.8) is 0 Å². The summed E-state index contributed by atoms with van der Waals surface area (Å²) in [6, 6.07) is 5.83. The van der Waals surface area contributed by atoms with Crippen molar-refractivity contribution in [1.82, 2.24) is 4.98 Å². The number of aryl methyl sites for hydroxylation is 1. The predicted molar refractivity (Wildman–Crippen MR) is 70.7 cm³/mol. The number of hydrogen-bond donors (Lipinski definition) is 2. The van der Waals surface area contributed by atoms with Crippen LogP contribution in [-0.4, -0.2) is 16.1 Å². The van der Waals surface area contributed by atoms with E-state index in [2.05, 4.69) is 10.3 Å². The molecule has 0 atom stereocenters. The number of carbonyl (C=O) groups is 1. The Morgan fingerprint density at radius 3 is 2.52 bits per heavy atom. The summed E-state index contributed by atoms with van der Waals surface area (Å²) in [7, 11) is 0. The molecular formula is C14H11F3N2O2. The molecule has 0 aliphatic heterocycles. The minimum atomic E-state index is -4.59. The van der Waals surface area contributed by atoms with Crippen molar-refractivity contribution in [3.8, 4) is 0 Å². The Kier molecular flexibility index (Phi) is 3.84. The highest BCUT2D eigenvalue weighted by Crippen LogP contribution is 2.33. The molecule has 0 amide bonds. The van der Waals surface area contributed by atoms with Crippen LogP contribution in [0.2, 0.25) is 0 Å². The van der Waals surface area contributed by atoms with Gasteiger partial charge < -0.3 is 10.4 Å². The maximum Gasteiger partial charge on any atom is 0.416 e. The minimum Gasteiger partial charge on any atom is -0.478 e. The summed E-state index contributed by atoms with van der Waals surface area (Å²) in [6.45, 7) is 1.70. The van der Waals surface area contributed by atoms with E-state index < -0.39 is 23.3 Å². The highest BCUT2D eigenvalue weighted by Gasteiger charge is 2.31. The molecular weight excluding hydrogens is 285 g/mol. The zero-order valence-electron chi connectivity index (χ0n) is 10.9. The molecule has 21 heavy (non-hydrogen) atoms. The van der Waals surface area contributed by atoms with Crippen molar-refractivity contribution in [2.24, 2.45) is 0 Å². The number of anilines is 2. The van der Waals surface area contributed by atoms with Crippen molar-refractivity contribution in [1.29, 1.82) is 0 Å². The van der Waals surface area contributed by atoms with Gasteiger partial charge in [0.25, 0.3) is 0 Å². The molecule has 4 nitrogen and oxygen atoms in total. The van der Waals surface area contributed by atoms with E-state index in [9.17, 15) is 18.0 Å². The van der Waals surface area contributed by atoms with E-state index >= 15 is 0 Å². The molecule has 2 N–H and O–H groups in total. The Morgan fingerprint density at radius 1 is 1.24 bits per heavy atom. The SMILES string of the molecule is Cc1ncccc1Nc1ccc(C(F)(F)F)cc1C(=O)O. The number of rotatable bonds is 3. The lowest BCUT2D eigenvalue weighted by Crippen LogP contribution is -2.10. The van der Waals surface area contributed by atoms with E-state index in [1.165, 1.54) is 0 Å². The average molecular weight is 296 g/mol. The molecule has 2 aromatic rings. The maximum atomic E-state index is 12.6. The van der Waals surface area contributed by atoms with E-state index in [1.54, 1.807) is 25.3 Å². The molecule has 1 heterocycles. The molecule has 2 rings (SSSR count). The Balaban J connectivity index is 2.45. The van der Waals surface area contributed by atoms with Gasteiger partial charge in [-0.1, -0.05) is 0 Å². The first kappa shape index (κ1) is 14.8. The Labute approximate surface area is 118 Å². The first-order valence-corrected chi connectivity index (χ1v) is 5.92. The van der Waals surface area contributed by atoms with Crippen LogP contribution < -0.4 is 5.32 Å². The van der Waals surface area contributed by atoms with E-state index in [0.29, 0.717) is 17.4 Å². The Hall–Kier alpha value is -2.57. The fraction of sp³-hybridized carbons (Fsp3) is 0.143. The van der Waals surface area contributed by atoms with Crippen molar-refractivity contribution in [3.05, 3.63) is 53.3 Å². The summed E-state index contributed by atoms with van der Waals surface area (Å²) >= 11 is 0. The molecule has 0 saturated carbocycles. The third kappa shape index (κ3) is 3.31. The van der Waals surface area contributed by atoms with E-state index in [1.807, 2.05) is 0 Å². The van der Waals surface area contributed by atoms with Crippen LogP contribution >= 0.6 is 0 Å². The molecule has 7 heteroatoms. The molecule has 0 aliphatic rings. The largest absolute Gasteiger partial charge is 0.478 e. The quantitative estimate of drug-likeness (QED) is 0.903. The zero-order chi connectivity index (χ0) is 15.6. The van der Waals surface area contributed by atoms with E-state index in [0.717, 1.165) is 12.1 Å². The van der Waals surface area contributed by atoms with Gasteiger partial charge in [0, 0.05) is 6.20 Å². The number of benzene rings is 1. The third-order valence-corrected chi connectivity index (χ3v) is 2.85. The molecule has 0 aliphatic carbocycles. The molecule has 110 valence electrons. The van der Waals surface area contributed by atoms with Crippen LogP contribution in [0.15, 0.2) is 36.5 Å². The Morgan fingerprint density at radius 2 is 1.95 bits per heavy atom. The second kappa shape index (κ2) is 5.43. The number of hydrogen-bond acceptors (Lipinski definition) is 3. The second-order valence-electron chi connectivity index (χ2n) is 4.32. The summed E-state index contributed by atoms with van der Waals surface area (Å²) in [5, 5.41) is 11.9. The normalized spacial score (nSPS) is 11.2. The summed E-state index contributed by atoms with van der Waals surface area (Å²) in [6.07, 6.45) is -3.03. The van der Waals surface area contributed by atoms with Crippen molar-refractivity contribution in [2.45, 2.75) is 13.1 Å². The number of alkyl halides is 3. The van der Waals surface area contributed by atoms with Crippen LogP contribution in [0.1, 0.15) is 21.6 Å². The van der Waals surface area contributed by atoms with Gasteiger partial charge in [-0.3, -0.25) is 4.98 Å². The van der Waals surface area contributed by atoms with Gasteiger partial charge in [0.05, 0.1) is 28.2 Å². The fourth-order valence-corrected chi connectivity index (χ4v) is 1.77. The van der Waals surface area contributed by atoms with Gasteiger partial charge in [0.1, 0.15) is 0 Å². The molecule has 0 fully saturated rings. The van der Waals surface area contributed by atoms with Crippen LogP contribution in [0.5, 0.6) is 0 Å². The lowest BCUT2D eigenvalue weighted by Gasteiger charge is -2.13. The van der Waals surface area contributed by atoms with Gasteiger partial charge in [-0.25, -0.2) is 4.79 Å². The minimum absolute atomic E-state index is 0.0756. The first-order chi connectivity index (χ1) is 9.79. The molecule has 0 unspecified atom stereocenters. The van der Waals surface area contributed by atoms with Gasteiger partial charge in [-0.2, -0.15) is 13.2 Å². The first-order valence-electron chi connectivity index (χ1n) is 5.92. The highest BCUT2D eigenvalue weighted by atomic mass is 19.4. The number of nitrogens with zero attached hydrogens (tertiary/aromatic N) is 1. The van der Waals surface area contributed by atoms with Crippen LogP contribution in [0, 0.1) is 6.92 Å². The molecule has 0 radical (unpaired) electrons. The third-order valence-electron chi connectivity index (χ3n) is 2.85. The summed E-state index contributed by atoms with van der Waals surface area (Å²) in [5.74, 6) is -1.44. The number of halogens is 3. The lowest BCUT2D eigenvalue weighted by molar-refractivity contribution is -0.137. The van der Waals surface area contributed by atoms with E-state index in [4.69, 9.17) is 5.11 Å². The van der Waals surface area contributed by atoms with Crippen LogP contribution in [0.4, 0.5) is 24.5 Å². The van der Waals surface area contributed by atoms with Crippen LogP contribution in [0.25, 0.3) is 0 Å². The van der Waals surface area contributed by atoms with Crippen LogP contribution in [0.3, 0.4) is 0 Å². The molecule has 0 spiro atoms. The molecule has 0 bridgehead atoms. The number of nitrogens with one attached hydrogen (secondary N) is 1. The number of carboxylic acids is 1. The van der Waals surface area contributed by atoms with E-state index in [-0.39, 0.29) is 5.69 Å². The number of aromatic carboxylic acids is 1. The predicted octanol–water partition coefficient (Wildman–Crippen LogP) is 3.85. The number of aromatic nitrogens is 1. The summed E-state index contributed by atoms with van der Waals surface area (Å²) in [4.78, 5) is 15.2. The fourth-order valence-electron chi connectivity index (χ4n) is 1.77. The smallest absolute Gasteiger partial charge is 0.416 e. The van der Waals surface area contributed by atoms with Crippen molar-refractivity contribution < 1.29 is 23.1 Å². The van der Waals surface area contributed by atoms with Crippen LogP contribution in [-0.2, 0) is 6.18 Å². The summed E-state index contributed by atoms with van der Waals surface area (Å²) < 4.78 is 37.9. The van der Waals surface area contributed by atoms with Crippen molar-refractivity contribution in [2.75, 3.05) is 5.32 Å².